The first kappa shape index (κ1) is 14.2. The third-order valence-corrected chi connectivity index (χ3v) is 3.88. The van der Waals surface area contributed by atoms with E-state index in [-0.39, 0.29) is 24.3 Å². The molecule has 0 spiro atoms. The summed E-state index contributed by atoms with van der Waals surface area (Å²) in [7, 11) is 0. The molecule has 2 unspecified atom stereocenters. The minimum Gasteiger partial charge on any atom is -0.388 e. The lowest BCUT2D eigenvalue weighted by atomic mass is 10.2. The van der Waals surface area contributed by atoms with Gasteiger partial charge in [0.05, 0.1) is 22.7 Å². The van der Waals surface area contributed by atoms with Crippen LogP contribution in [0.2, 0.25) is 0 Å². The van der Waals surface area contributed by atoms with Crippen molar-refractivity contribution in [2.75, 3.05) is 13.1 Å². The number of nitrogens with zero attached hydrogens (tertiary/aromatic N) is 2. The van der Waals surface area contributed by atoms with Gasteiger partial charge in [-0.15, -0.1) is 0 Å². The predicted octanol–water partition coefficient (Wildman–Crippen LogP) is 0.377. The zero-order valence-electron chi connectivity index (χ0n) is 9.69. The minimum atomic E-state index is -0.972. The van der Waals surface area contributed by atoms with E-state index in [2.05, 4.69) is 0 Å². The Hall–Kier alpha value is -1.26. The fourth-order valence-corrected chi connectivity index (χ4v) is 2.46. The van der Waals surface area contributed by atoms with Crippen LogP contribution >= 0.6 is 22.6 Å². The van der Waals surface area contributed by atoms with Crippen LogP contribution in [0.1, 0.15) is 10.4 Å². The average Bonchev–Trinajstić information content (AvgIpc) is 2.69. The van der Waals surface area contributed by atoms with Crippen LogP contribution in [0.15, 0.2) is 18.2 Å². The zero-order valence-corrected chi connectivity index (χ0v) is 11.9. The number of likely N-dealkylation sites (tertiary alicyclic amines) is 1. The molecule has 0 saturated carbocycles. The lowest BCUT2D eigenvalue weighted by Gasteiger charge is -2.16. The Kier molecular flexibility index (Phi) is 4.02. The fraction of sp³-hybridized carbons (Fsp3) is 0.364. The molecule has 1 amide bonds. The number of hydrogen-bond donors (Lipinski definition) is 2. The summed E-state index contributed by atoms with van der Waals surface area (Å²) in [5, 5.41) is 29.6. The van der Waals surface area contributed by atoms with Crippen LogP contribution in [0.4, 0.5) is 5.69 Å². The van der Waals surface area contributed by atoms with Crippen molar-refractivity contribution in [3.63, 3.8) is 0 Å². The van der Waals surface area contributed by atoms with Crippen LogP contribution in [0.5, 0.6) is 0 Å². The van der Waals surface area contributed by atoms with Crippen molar-refractivity contribution in [3.8, 4) is 0 Å². The first-order valence-electron chi connectivity index (χ1n) is 5.49. The van der Waals surface area contributed by atoms with E-state index in [0.29, 0.717) is 3.57 Å². The van der Waals surface area contributed by atoms with Crippen molar-refractivity contribution in [2.45, 2.75) is 12.2 Å². The third kappa shape index (κ3) is 2.85. The van der Waals surface area contributed by atoms with E-state index < -0.39 is 23.0 Å². The van der Waals surface area contributed by atoms with E-state index in [1.165, 1.54) is 23.1 Å². The third-order valence-electron chi connectivity index (χ3n) is 2.94. The number of non-ortho nitro benzene ring substituents is 1. The van der Waals surface area contributed by atoms with Gasteiger partial charge in [-0.05, 0) is 28.7 Å². The maximum absolute atomic E-state index is 12.2. The van der Waals surface area contributed by atoms with Gasteiger partial charge in [-0.3, -0.25) is 14.9 Å². The number of nitro groups is 1. The van der Waals surface area contributed by atoms with Gasteiger partial charge in [-0.1, -0.05) is 0 Å². The molecule has 19 heavy (non-hydrogen) atoms. The second-order valence-electron chi connectivity index (χ2n) is 4.27. The van der Waals surface area contributed by atoms with Crippen molar-refractivity contribution in [1.82, 2.24) is 4.90 Å². The molecule has 0 aliphatic carbocycles. The van der Waals surface area contributed by atoms with Crippen molar-refractivity contribution in [2.24, 2.45) is 0 Å². The Bertz CT molecular complexity index is 526. The maximum atomic E-state index is 12.2. The molecule has 1 aromatic rings. The van der Waals surface area contributed by atoms with Crippen molar-refractivity contribution < 1.29 is 19.9 Å². The Morgan fingerprint density at radius 3 is 2.47 bits per heavy atom. The highest BCUT2D eigenvalue weighted by molar-refractivity contribution is 14.1. The topological polar surface area (TPSA) is 104 Å². The standard InChI is InChI=1S/C11H11IN2O5/c12-8-2-1-6(14(18)19)3-7(8)11(17)13-4-9(15)10(16)5-13/h1-3,9-10,15-16H,4-5H2. The molecule has 2 N–H and O–H groups in total. The quantitative estimate of drug-likeness (QED) is 0.440. The molecule has 1 aliphatic rings. The molecule has 1 aromatic carbocycles. The van der Waals surface area contributed by atoms with Gasteiger partial charge in [0.15, 0.2) is 0 Å². The molecule has 1 aliphatic heterocycles. The van der Waals surface area contributed by atoms with Gasteiger partial charge in [0.1, 0.15) is 0 Å². The maximum Gasteiger partial charge on any atom is 0.270 e. The molecular weight excluding hydrogens is 367 g/mol. The molecule has 0 bridgehead atoms. The number of benzene rings is 1. The molecule has 1 saturated heterocycles. The monoisotopic (exact) mass is 378 g/mol. The lowest BCUT2D eigenvalue weighted by Crippen LogP contribution is -2.30. The number of carbonyl (C=O) groups excluding carboxylic acids is 1. The fourth-order valence-electron chi connectivity index (χ4n) is 1.90. The lowest BCUT2D eigenvalue weighted by molar-refractivity contribution is -0.384. The molecule has 102 valence electrons. The largest absolute Gasteiger partial charge is 0.388 e. The van der Waals surface area contributed by atoms with Gasteiger partial charge >= 0.3 is 0 Å². The molecule has 2 atom stereocenters. The first-order chi connectivity index (χ1) is 8.90. The summed E-state index contributed by atoms with van der Waals surface area (Å²) in [5.74, 6) is -0.427. The molecular formula is C11H11IN2O5. The molecule has 1 heterocycles. The summed E-state index contributed by atoms with van der Waals surface area (Å²) in [6, 6.07) is 4.03. The molecule has 0 radical (unpaired) electrons. The molecule has 1 fully saturated rings. The number of amides is 1. The van der Waals surface area contributed by atoms with E-state index in [9.17, 15) is 25.1 Å². The number of carbonyl (C=O) groups is 1. The normalized spacial score (nSPS) is 22.6. The van der Waals surface area contributed by atoms with E-state index in [1.54, 1.807) is 0 Å². The number of aliphatic hydroxyl groups excluding tert-OH is 2. The summed E-state index contributed by atoms with van der Waals surface area (Å²) in [4.78, 5) is 23.6. The SMILES string of the molecule is O=C(c1cc([N+](=O)[O-])ccc1I)N1CC(O)C(O)C1. The van der Waals surface area contributed by atoms with Gasteiger partial charge in [0.2, 0.25) is 0 Å². The highest BCUT2D eigenvalue weighted by Crippen LogP contribution is 2.22. The summed E-state index contributed by atoms with van der Waals surface area (Å²) in [6.07, 6.45) is -1.94. The second kappa shape index (κ2) is 5.39. The van der Waals surface area contributed by atoms with E-state index in [1.807, 2.05) is 22.6 Å². The summed E-state index contributed by atoms with van der Waals surface area (Å²) in [6.45, 7) is 0.0531. The molecule has 0 aromatic heterocycles. The van der Waals surface area contributed by atoms with Gasteiger partial charge in [-0.25, -0.2) is 0 Å². The van der Waals surface area contributed by atoms with Crippen molar-refractivity contribution in [3.05, 3.63) is 37.4 Å². The van der Waals surface area contributed by atoms with Crippen LogP contribution in [0.3, 0.4) is 0 Å². The summed E-state index contributed by atoms with van der Waals surface area (Å²) in [5.41, 5.74) is 0.0418. The number of hydrogen-bond acceptors (Lipinski definition) is 5. The van der Waals surface area contributed by atoms with Gasteiger partial charge < -0.3 is 15.1 Å². The Balaban J connectivity index is 2.29. The predicted molar refractivity (Wildman–Crippen MR) is 73.7 cm³/mol. The molecule has 8 heteroatoms. The first-order valence-corrected chi connectivity index (χ1v) is 6.57. The number of β-amino-alcohol motifs (C(OH)–C–C–N with tert-alkyl or cyclic N) is 2. The average molecular weight is 378 g/mol. The van der Waals surface area contributed by atoms with Crippen molar-refractivity contribution >= 4 is 34.2 Å². The molecule has 7 nitrogen and oxygen atoms in total. The highest BCUT2D eigenvalue weighted by Gasteiger charge is 2.33. The van der Waals surface area contributed by atoms with E-state index in [4.69, 9.17) is 0 Å². The van der Waals surface area contributed by atoms with E-state index in [0.717, 1.165) is 0 Å². The van der Waals surface area contributed by atoms with Crippen LogP contribution in [-0.2, 0) is 0 Å². The molecule has 2 rings (SSSR count). The van der Waals surface area contributed by atoms with Gasteiger partial charge in [0.25, 0.3) is 11.6 Å². The van der Waals surface area contributed by atoms with Crippen LogP contribution in [-0.4, -0.2) is 51.2 Å². The Labute approximate surface area is 122 Å². The number of rotatable bonds is 2. The van der Waals surface area contributed by atoms with Gasteiger partial charge in [-0.2, -0.15) is 0 Å². The number of nitro benzene ring substituents is 1. The summed E-state index contributed by atoms with van der Waals surface area (Å²) < 4.78 is 0.587. The zero-order chi connectivity index (χ0) is 14.2. The number of halogens is 1. The van der Waals surface area contributed by atoms with E-state index >= 15 is 0 Å². The number of aliphatic hydroxyl groups is 2. The van der Waals surface area contributed by atoms with Crippen LogP contribution < -0.4 is 0 Å². The summed E-state index contributed by atoms with van der Waals surface area (Å²) >= 11 is 1.92. The Morgan fingerprint density at radius 1 is 1.37 bits per heavy atom. The Morgan fingerprint density at radius 2 is 1.95 bits per heavy atom. The van der Waals surface area contributed by atoms with Crippen LogP contribution in [0.25, 0.3) is 0 Å². The van der Waals surface area contributed by atoms with Crippen LogP contribution in [0, 0.1) is 13.7 Å². The van der Waals surface area contributed by atoms with Gasteiger partial charge in [0, 0.05) is 28.8 Å². The minimum absolute atomic E-state index is 0.0266. The smallest absolute Gasteiger partial charge is 0.270 e. The second-order valence-corrected chi connectivity index (χ2v) is 5.43. The van der Waals surface area contributed by atoms with Crippen molar-refractivity contribution in [1.29, 1.82) is 0 Å². The highest BCUT2D eigenvalue weighted by atomic mass is 127.